The first-order chi connectivity index (χ1) is 10.7. The van der Waals surface area contributed by atoms with E-state index in [-0.39, 0.29) is 17.8 Å². The van der Waals surface area contributed by atoms with Crippen LogP contribution >= 0.6 is 11.3 Å². The van der Waals surface area contributed by atoms with E-state index >= 15 is 0 Å². The minimum Gasteiger partial charge on any atom is -0.339 e. The SMILES string of the molecule is O=C(NC(c1ccc(F)cc1)c1cccs1)c1ccccn1. The Bertz CT molecular complexity index is 742. The predicted molar refractivity (Wildman–Crippen MR) is 84.3 cm³/mol. The fourth-order valence-electron chi connectivity index (χ4n) is 2.13. The minimum absolute atomic E-state index is 0.261. The summed E-state index contributed by atoms with van der Waals surface area (Å²) in [7, 11) is 0. The Balaban J connectivity index is 1.90. The van der Waals surface area contributed by atoms with Gasteiger partial charge >= 0.3 is 0 Å². The lowest BCUT2D eigenvalue weighted by Gasteiger charge is -2.18. The van der Waals surface area contributed by atoms with Gasteiger partial charge in [-0.3, -0.25) is 9.78 Å². The number of thiophene rings is 1. The first kappa shape index (κ1) is 14.4. The number of benzene rings is 1. The summed E-state index contributed by atoms with van der Waals surface area (Å²) in [6.07, 6.45) is 1.58. The molecule has 1 amide bonds. The van der Waals surface area contributed by atoms with Crippen molar-refractivity contribution in [3.8, 4) is 0 Å². The van der Waals surface area contributed by atoms with Crippen LogP contribution in [-0.4, -0.2) is 10.9 Å². The summed E-state index contributed by atoms with van der Waals surface area (Å²) in [4.78, 5) is 17.4. The first-order valence-corrected chi connectivity index (χ1v) is 7.63. The smallest absolute Gasteiger partial charge is 0.270 e. The van der Waals surface area contributed by atoms with Gasteiger partial charge in [0.15, 0.2) is 0 Å². The minimum atomic E-state index is -0.324. The molecule has 110 valence electrons. The molecule has 0 radical (unpaired) electrons. The third-order valence-corrected chi connectivity index (χ3v) is 4.14. The van der Waals surface area contributed by atoms with E-state index in [0.29, 0.717) is 5.69 Å². The first-order valence-electron chi connectivity index (χ1n) is 6.75. The number of nitrogens with zero attached hydrogens (tertiary/aromatic N) is 1. The molecule has 3 rings (SSSR count). The quantitative estimate of drug-likeness (QED) is 0.796. The van der Waals surface area contributed by atoms with Crippen LogP contribution in [0.4, 0.5) is 4.39 Å². The molecule has 22 heavy (non-hydrogen) atoms. The maximum absolute atomic E-state index is 13.1. The predicted octanol–water partition coefficient (Wildman–Crippen LogP) is 3.80. The van der Waals surface area contributed by atoms with Gasteiger partial charge in [-0.2, -0.15) is 0 Å². The standard InChI is InChI=1S/C17H13FN2OS/c18-13-8-6-12(7-9-13)16(15-5-3-11-22-15)20-17(21)14-4-1-2-10-19-14/h1-11,16H,(H,20,21). The Morgan fingerprint density at radius 2 is 1.91 bits per heavy atom. The van der Waals surface area contributed by atoms with Crippen LogP contribution in [0.3, 0.4) is 0 Å². The number of hydrogen-bond acceptors (Lipinski definition) is 3. The van der Waals surface area contributed by atoms with E-state index in [1.54, 1.807) is 36.5 Å². The number of rotatable bonds is 4. The Labute approximate surface area is 131 Å². The molecule has 0 fully saturated rings. The van der Waals surface area contributed by atoms with Crippen molar-refractivity contribution in [1.82, 2.24) is 10.3 Å². The molecular formula is C17H13FN2OS. The highest BCUT2D eigenvalue weighted by molar-refractivity contribution is 7.10. The zero-order valence-corrected chi connectivity index (χ0v) is 12.4. The fraction of sp³-hybridized carbons (Fsp3) is 0.0588. The Hall–Kier alpha value is -2.53. The van der Waals surface area contributed by atoms with E-state index in [1.807, 2.05) is 17.5 Å². The van der Waals surface area contributed by atoms with Crippen molar-refractivity contribution in [3.05, 3.63) is 88.1 Å². The van der Waals surface area contributed by atoms with Crippen molar-refractivity contribution >= 4 is 17.2 Å². The Kier molecular flexibility index (Phi) is 4.25. The van der Waals surface area contributed by atoms with Crippen molar-refractivity contribution in [2.75, 3.05) is 0 Å². The van der Waals surface area contributed by atoms with Gasteiger partial charge < -0.3 is 5.32 Å². The lowest BCUT2D eigenvalue weighted by Crippen LogP contribution is -2.29. The zero-order valence-electron chi connectivity index (χ0n) is 11.6. The van der Waals surface area contributed by atoms with E-state index in [4.69, 9.17) is 0 Å². The summed E-state index contributed by atoms with van der Waals surface area (Å²) in [5.74, 6) is -0.562. The van der Waals surface area contributed by atoms with Crippen LogP contribution in [0.2, 0.25) is 0 Å². The molecule has 0 aliphatic heterocycles. The summed E-state index contributed by atoms with van der Waals surface area (Å²) < 4.78 is 13.1. The van der Waals surface area contributed by atoms with Gasteiger partial charge in [-0.1, -0.05) is 24.3 Å². The summed E-state index contributed by atoms with van der Waals surface area (Å²) in [5.41, 5.74) is 1.18. The van der Waals surface area contributed by atoms with Crippen molar-refractivity contribution in [3.63, 3.8) is 0 Å². The highest BCUT2D eigenvalue weighted by Gasteiger charge is 2.19. The van der Waals surface area contributed by atoms with E-state index in [0.717, 1.165) is 10.4 Å². The largest absolute Gasteiger partial charge is 0.339 e. The molecule has 0 bridgehead atoms. The number of amides is 1. The molecule has 0 aliphatic rings. The average molecular weight is 312 g/mol. The summed E-state index contributed by atoms with van der Waals surface area (Å²) >= 11 is 1.54. The van der Waals surface area contributed by atoms with Crippen LogP contribution < -0.4 is 5.32 Å². The molecule has 1 N–H and O–H groups in total. The molecule has 0 saturated heterocycles. The second kappa shape index (κ2) is 6.49. The maximum Gasteiger partial charge on any atom is 0.270 e. The average Bonchev–Trinajstić information content (AvgIpc) is 3.08. The second-order valence-electron chi connectivity index (χ2n) is 4.69. The van der Waals surface area contributed by atoms with Crippen molar-refractivity contribution < 1.29 is 9.18 Å². The monoisotopic (exact) mass is 312 g/mol. The fourth-order valence-corrected chi connectivity index (χ4v) is 2.93. The van der Waals surface area contributed by atoms with Crippen molar-refractivity contribution in [2.45, 2.75) is 6.04 Å². The molecule has 0 aliphatic carbocycles. The lowest BCUT2D eigenvalue weighted by atomic mass is 10.0. The van der Waals surface area contributed by atoms with E-state index in [9.17, 15) is 9.18 Å². The summed E-state index contributed by atoms with van der Waals surface area (Å²) in [6.45, 7) is 0. The van der Waals surface area contributed by atoms with Crippen LogP contribution in [0.5, 0.6) is 0 Å². The molecule has 3 aromatic rings. The van der Waals surface area contributed by atoms with Crippen LogP contribution in [0, 0.1) is 5.82 Å². The van der Waals surface area contributed by atoms with Crippen molar-refractivity contribution in [1.29, 1.82) is 0 Å². The van der Waals surface area contributed by atoms with E-state index < -0.39 is 0 Å². The summed E-state index contributed by atoms with van der Waals surface area (Å²) in [5, 5.41) is 4.90. The molecule has 1 atom stereocenters. The Morgan fingerprint density at radius 1 is 1.09 bits per heavy atom. The molecule has 2 heterocycles. The lowest BCUT2D eigenvalue weighted by molar-refractivity contribution is 0.0938. The molecular weight excluding hydrogens is 299 g/mol. The molecule has 1 unspecified atom stereocenters. The topological polar surface area (TPSA) is 42.0 Å². The van der Waals surface area contributed by atoms with Crippen LogP contribution in [0.25, 0.3) is 0 Å². The number of aromatic nitrogens is 1. The number of carbonyl (C=O) groups is 1. The molecule has 0 saturated carbocycles. The van der Waals surface area contributed by atoms with Gasteiger partial charge in [0, 0.05) is 11.1 Å². The van der Waals surface area contributed by atoms with Gasteiger partial charge in [0.25, 0.3) is 5.91 Å². The van der Waals surface area contributed by atoms with Gasteiger partial charge in [0.2, 0.25) is 0 Å². The maximum atomic E-state index is 13.1. The molecule has 0 spiro atoms. The normalized spacial score (nSPS) is 11.9. The molecule has 3 nitrogen and oxygen atoms in total. The number of pyridine rings is 1. The van der Waals surface area contributed by atoms with Crippen LogP contribution in [-0.2, 0) is 0 Å². The van der Waals surface area contributed by atoms with E-state index in [2.05, 4.69) is 10.3 Å². The Morgan fingerprint density at radius 3 is 2.55 bits per heavy atom. The van der Waals surface area contributed by atoms with Gasteiger partial charge in [-0.15, -0.1) is 11.3 Å². The van der Waals surface area contributed by atoms with Gasteiger partial charge in [0.1, 0.15) is 11.5 Å². The third-order valence-electron chi connectivity index (χ3n) is 3.20. The van der Waals surface area contributed by atoms with Gasteiger partial charge in [-0.05, 0) is 41.3 Å². The number of halogens is 1. The molecule has 1 aromatic carbocycles. The molecule has 2 aromatic heterocycles. The van der Waals surface area contributed by atoms with E-state index in [1.165, 1.54) is 23.5 Å². The van der Waals surface area contributed by atoms with Crippen molar-refractivity contribution in [2.24, 2.45) is 0 Å². The van der Waals surface area contributed by atoms with Crippen LogP contribution in [0.15, 0.2) is 66.2 Å². The molecule has 5 heteroatoms. The van der Waals surface area contributed by atoms with Gasteiger partial charge in [0.05, 0.1) is 6.04 Å². The highest BCUT2D eigenvalue weighted by Crippen LogP contribution is 2.26. The number of hydrogen-bond donors (Lipinski definition) is 1. The highest BCUT2D eigenvalue weighted by atomic mass is 32.1. The van der Waals surface area contributed by atoms with Crippen LogP contribution in [0.1, 0.15) is 27.0 Å². The second-order valence-corrected chi connectivity index (χ2v) is 5.67. The van der Waals surface area contributed by atoms with Gasteiger partial charge in [-0.25, -0.2) is 4.39 Å². The number of carbonyl (C=O) groups excluding carboxylic acids is 1. The third kappa shape index (κ3) is 3.20. The number of nitrogens with one attached hydrogen (secondary N) is 1. The zero-order chi connectivity index (χ0) is 15.4. The summed E-state index contributed by atoms with van der Waals surface area (Å²) in [6, 6.07) is 14.9.